The number of nitrogens with zero attached hydrogens (tertiary/aromatic N) is 2. The molecule has 0 spiro atoms. The Balaban J connectivity index is 1.82. The topological polar surface area (TPSA) is 54.9 Å². The zero-order chi connectivity index (χ0) is 11.9. The fourth-order valence-electron chi connectivity index (χ4n) is 1.45. The lowest BCUT2D eigenvalue weighted by Crippen LogP contribution is -2.26. The van der Waals surface area contributed by atoms with Crippen LogP contribution in [0.15, 0.2) is 48.9 Å². The molecule has 2 aromatic heterocycles. The molecule has 2 heterocycles. The maximum atomic E-state index is 11.6. The van der Waals surface area contributed by atoms with Gasteiger partial charge in [0, 0.05) is 25.1 Å². The molecule has 0 aliphatic heterocycles. The van der Waals surface area contributed by atoms with Gasteiger partial charge in [-0.3, -0.25) is 14.8 Å². The molecule has 0 unspecified atom stereocenters. The summed E-state index contributed by atoms with van der Waals surface area (Å²) in [6.07, 6.45) is 5.91. The predicted molar refractivity (Wildman–Crippen MR) is 64.5 cm³/mol. The van der Waals surface area contributed by atoms with E-state index in [1.807, 2.05) is 12.1 Å². The number of carbonyl (C=O) groups is 1. The van der Waals surface area contributed by atoms with Crippen molar-refractivity contribution in [3.63, 3.8) is 0 Å². The van der Waals surface area contributed by atoms with Crippen LogP contribution in [0.3, 0.4) is 0 Å². The van der Waals surface area contributed by atoms with Gasteiger partial charge in [0.1, 0.15) is 5.69 Å². The first-order chi connectivity index (χ1) is 8.36. The molecule has 0 fully saturated rings. The second-order valence-electron chi connectivity index (χ2n) is 3.58. The van der Waals surface area contributed by atoms with Gasteiger partial charge in [-0.1, -0.05) is 12.1 Å². The largest absolute Gasteiger partial charge is 0.350 e. The molecule has 0 aromatic carbocycles. The number of hydrogen-bond donors (Lipinski definition) is 1. The lowest BCUT2D eigenvalue weighted by molar-refractivity contribution is 0.0949. The molecule has 4 heteroatoms. The van der Waals surface area contributed by atoms with Gasteiger partial charge >= 0.3 is 0 Å². The van der Waals surface area contributed by atoms with Gasteiger partial charge in [0.25, 0.3) is 5.91 Å². The van der Waals surface area contributed by atoms with Crippen LogP contribution < -0.4 is 5.32 Å². The molecule has 1 N–H and O–H groups in total. The van der Waals surface area contributed by atoms with Crippen molar-refractivity contribution in [2.75, 3.05) is 6.54 Å². The summed E-state index contributed by atoms with van der Waals surface area (Å²) < 4.78 is 0. The number of pyridine rings is 2. The maximum absolute atomic E-state index is 11.6. The Morgan fingerprint density at radius 2 is 2.12 bits per heavy atom. The molecule has 0 aliphatic rings. The Bertz CT molecular complexity index is 471. The van der Waals surface area contributed by atoms with Crippen LogP contribution in [0.25, 0.3) is 0 Å². The van der Waals surface area contributed by atoms with E-state index in [0.29, 0.717) is 12.2 Å². The van der Waals surface area contributed by atoms with Crippen LogP contribution >= 0.6 is 0 Å². The average Bonchev–Trinajstić information content (AvgIpc) is 2.41. The predicted octanol–water partition coefficient (Wildman–Crippen LogP) is 1.45. The highest BCUT2D eigenvalue weighted by Crippen LogP contribution is 1.97. The van der Waals surface area contributed by atoms with E-state index in [1.54, 1.807) is 36.8 Å². The van der Waals surface area contributed by atoms with Crippen LogP contribution in [0.2, 0.25) is 0 Å². The van der Waals surface area contributed by atoms with E-state index in [4.69, 9.17) is 0 Å². The minimum Gasteiger partial charge on any atom is -0.350 e. The number of rotatable bonds is 4. The average molecular weight is 227 g/mol. The summed E-state index contributed by atoms with van der Waals surface area (Å²) in [6, 6.07) is 9.14. The van der Waals surface area contributed by atoms with Gasteiger partial charge in [0.2, 0.25) is 0 Å². The van der Waals surface area contributed by atoms with Crippen molar-refractivity contribution in [2.24, 2.45) is 0 Å². The summed E-state index contributed by atoms with van der Waals surface area (Å²) in [5.41, 5.74) is 1.55. The highest BCUT2D eigenvalue weighted by molar-refractivity contribution is 5.92. The van der Waals surface area contributed by atoms with Gasteiger partial charge < -0.3 is 5.32 Å². The summed E-state index contributed by atoms with van der Waals surface area (Å²) in [7, 11) is 0. The maximum Gasteiger partial charge on any atom is 0.269 e. The van der Waals surface area contributed by atoms with Crippen molar-refractivity contribution in [1.82, 2.24) is 15.3 Å². The smallest absolute Gasteiger partial charge is 0.269 e. The second kappa shape index (κ2) is 5.75. The van der Waals surface area contributed by atoms with Gasteiger partial charge in [-0.05, 0) is 30.2 Å². The molecule has 2 aromatic rings. The molecule has 86 valence electrons. The van der Waals surface area contributed by atoms with E-state index in [9.17, 15) is 4.79 Å². The normalized spacial score (nSPS) is 9.88. The molecule has 17 heavy (non-hydrogen) atoms. The van der Waals surface area contributed by atoms with E-state index in [-0.39, 0.29) is 5.91 Å². The molecule has 0 atom stereocenters. The zero-order valence-electron chi connectivity index (χ0n) is 9.34. The summed E-state index contributed by atoms with van der Waals surface area (Å²) in [4.78, 5) is 19.6. The Labute approximate surface area is 99.7 Å². The fraction of sp³-hybridized carbons (Fsp3) is 0.154. The van der Waals surface area contributed by atoms with Gasteiger partial charge in [-0.2, -0.15) is 0 Å². The van der Waals surface area contributed by atoms with E-state index < -0.39 is 0 Å². The van der Waals surface area contributed by atoms with Crippen molar-refractivity contribution in [2.45, 2.75) is 6.42 Å². The summed E-state index contributed by atoms with van der Waals surface area (Å²) in [6.45, 7) is 0.584. The Kier molecular flexibility index (Phi) is 3.81. The van der Waals surface area contributed by atoms with Crippen LogP contribution in [-0.4, -0.2) is 22.4 Å². The Hall–Kier alpha value is -2.23. The third-order valence-corrected chi connectivity index (χ3v) is 2.32. The number of aromatic nitrogens is 2. The minimum absolute atomic E-state index is 0.144. The minimum atomic E-state index is -0.144. The molecule has 0 aliphatic carbocycles. The fourth-order valence-corrected chi connectivity index (χ4v) is 1.45. The molecular weight excluding hydrogens is 214 g/mol. The monoisotopic (exact) mass is 227 g/mol. The van der Waals surface area contributed by atoms with Gasteiger partial charge in [-0.25, -0.2) is 0 Å². The SMILES string of the molecule is O=C(NCCc1cccnc1)c1ccccn1. The molecule has 0 saturated heterocycles. The van der Waals surface area contributed by atoms with Gasteiger partial charge in [0.15, 0.2) is 0 Å². The van der Waals surface area contributed by atoms with Gasteiger partial charge in [0.05, 0.1) is 0 Å². The lowest BCUT2D eigenvalue weighted by atomic mass is 10.2. The number of carbonyl (C=O) groups excluding carboxylic acids is 1. The second-order valence-corrected chi connectivity index (χ2v) is 3.58. The van der Waals surface area contributed by atoms with Crippen LogP contribution in [0.4, 0.5) is 0 Å². The molecule has 0 saturated carbocycles. The van der Waals surface area contributed by atoms with Crippen LogP contribution in [0.1, 0.15) is 16.1 Å². The summed E-state index contributed by atoms with van der Waals surface area (Å²) in [5, 5.41) is 2.82. The summed E-state index contributed by atoms with van der Waals surface area (Å²) in [5.74, 6) is -0.144. The van der Waals surface area contributed by atoms with Crippen molar-refractivity contribution >= 4 is 5.91 Å². The number of nitrogens with one attached hydrogen (secondary N) is 1. The lowest BCUT2D eigenvalue weighted by Gasteiger charge is -2.04. The molecule has 4 nitrogen and oxygen atoms in total. The zero-order valence-corrected chi connectivity index (χ0v) is 9.34. The Morgan fingerprint density at radius 3 is 2.82 bits per heavy atom. The quantitative estimate of drug-likeness (QED) is 0.860. The first-order valence-electron chi connectivity index (χ1n) is 5.44. The summed E-state index contributed by atoms with van der Waals surface area (Å²) >= 11 is 0. The standard InChI is InChI=1S/C13H13N3O/c17-13(12-5-1-2-8-15-12)16-9-6-11-4-3-7-14-10-11/h1-5,7-8,10H,6,9H2,(H,16,17). The Morgan fingerprint density at radius 1 is 1.18 bits per heavy atom. The molecular formula is C13H13N3O. The third-order valence-electron chi connectivity index (χ3n) is 2.32. The van der Waals surface area contributed by atoms with Crippen molar-refractivity contribution in [3.05, 3.63) is 60.2 Å². The first kappa shape index (κ1) is 11.3. The molecule has 1 amide bonds. The first-order valence-corrected chi connectivity index (χ1v) is 5.44. The highest BCUT2D eigenvalue weighted by atomic mass is 16.1. The van der Waals surface area contributed by atoms with Gasteiger partial charge in [-0.15, -0.1) is 0 Å². The van der Waals surface area contributed by atoms with E-state index >= 15 is 0 Å². The van der Waals surface area contributed by atoms with Crippen LogP contribution in [0.5, 0.6) is 0 Å². The molecule has 0 bridgehead atoms. The van der Waals surface area contributed by atoms with E-state index in [2.05, 4.69) is 15.3 Å². The van der Waals surface area contributed by atoms with Crippen LogP contribution in [-0.2, 0) is 6.42 Å². The van der Waals surface area contributed by atoms with Crippen LogP contribution in [0, 0.1) is 0 Å². The van der Waals surface area contributed by atoms with Crippen molar-refractivity contribution in [1.29, 1.82) is 0 Å². The van der Waals surface area contributed by atoms with Crippen molar-refractivity contribution < 1.29 is 4.79 Å². The number of hydrogen-bond acceptors (Lipinski definition) is 3. The highest BCUT2D eigenvalue weighted by Gasteiger charge is 2.04. The molecule has 0 radical (unpaired) electrons. The number of amides is 1. The van der Waals surface area contributed by atoms with E-state index in [0.717, 1.165) is 12.0 Å². The van der Waals surface area contributed by atoms with Crippen molar-refractivity contribution in [3.8, 4) is 0 Å². The van der Waals surface area contributed by atoms with E-state index in [1.165, 1.54) is 0 Å². The third kappa shape index (κ3) is 3.38. The molecule has 2 rings (SSSR count).